The molecule has 0 saturated carbocycles. The summed E-state index contributed by atoms with van der Waals surface area (Å²) in [6.07, 6.45) is 0. The van der Waals surface area contributed by atoms with Gasteiger partial charge in [-0.2, -0.15) is 0 Å². The predicted molar refractivity (Wildman–Crippen MR) is 112 cm³/mol. The molecule has 1 heterocycles. The maximum Gasteiger partial charge on any atom is 0.220 e. The molecule has 2 aromatic carbocycles. The van der Waals surface area contributed by atoms with Gasteiger partial charge in [0, 0.05) is 20.6 Å². The van der Waals surface area contributed by atoms with E-state index in [2.05, 4.69) is 26.1 Å². The van der Waals surface area contributed by atoms with Crippen molar-refractivity contribution in [1.29, 1.82) is 0 Å². The highest BCUT2D eigenvalue weighted by Gasteiger charge is 2.26. The van der Waals surface area contributed by atoms with E-state index in [0.29, 0.717) is 16.7 Å². The Morgan fingerprint density at radius 3 is 2.71 bits per heavy atom. The Balaban J connectivity index is 2.04. The van der Waals surface area contributed by atoms with Gasteiger partial charge in [-0.05, 0) is 49.7 Å². The van der Waals surface area contributed by atoms with Crippen molar-refractivity contribution in [3.8, 4) is 11.4 Å². The molecule has 1 aromatic heterocycles. The summed E-state index contributed by atoms with van der Waals surface area (Å²) in [7, 11) is 1.56. The number of nitrogens with zero attached hydrogens (tertiary/aromatic N) is 4. The number of nitro groups is 1. The predicted octanol–water partition coefficient (Wildman–Crippen LogP) is 4.77. The maximum atomic E-state index is 11.4. The fraction of sp³-hybridized carbons (Fsp3) is 0.263. The van der Waals surface area contributed by atoms with Crippen LogP contribution in [-0.2, 0) is 0 Å². The van der Waals surface area contributed by atoms with Crippen LogP contribution in [-0.4, -0.2) is 33.3 Å². The minimum Gasteiger partial charge on any atom is -0.496 e. The summed E-state index contributed by atoms with van der Waals surface area (Å²) in [5, 5.41) is 19.9. The second kappa shape index (κ2) is 8.74. The third kappa shape index (κ3) is 4.53. The summed E-state index contributed by atoms with van der Waals surface area (Å²) in [6, 6.07) is 13.5. The van der Waals surface area contributed by atoms with E-state index in [1.54, 1.807) is 13.2 Å². The zero-order valence-corrected chi connectivity index (χ0v) is 18.0. The van der Waals surface area contributed by atoms with Gasteiger partial charge in [-0.1, -0.05) is 39.8 Å². The Morgan fingerprint density at radius 1 is 1.25 bits per heavy atom. The first-order valence-corrected chi connectivity index (χ1v) is 10.2. The van der Waals surface area contributed by atoms with Crippen LogP contribution in [0.5, 0.6) is 5.75 Å². The monoisotopic (exact) mass is 462 g/mol. The summed E-state index contributed by atoms with van der Waals surface area (Å²) < 4.78 is 8.18. The van der Waals surface area contributed by atoms with E-state index in [-0.39, 0.29) is 11.5 Å². The zero-order chi connectivity index (χ0) is 20.3. The first-order valence-electron chi connectivity index (χ1n) is 8.50. The van der Waals surface area contributed by atoms with Gasteiger partial charge in [-0.25, -0.2) is 0 Å². The van der Waals surface area contributed by atoms with Crippen molar-refractivity contribution in [2.24, 2.45) is 0 Å². The highest BCUT2D eigenvalue weighted by molar-refractivity contribution is 9.10. The molecule has 3 aromatic rings. The summed E-state index contributed by atoms with van der Waals surface area (Å²) in [5.74, 6) is 1.31. The normalized spacial score (nSPS) is 12.0. The Morgan fingerprint density at radius 2 is 2.04 bits per heavy atom. The molecule has 0 bridgehead atoms. The molecule has 0 spiro atoms. The topological polar surface area (TPSA) is 83.1 Å². The number of hydrogen-bond acceptors (Lipinski definition) is 6. The molecule has 0 N–H and O–H groups in total. The molecule has 3 rings (SSSR count). The number of rotatable bonds is 7. The first kappa shape index (κ1) is 20.3. The Bertz CT molecular complexity index is 1010. The molecule has 9 heteroatoms. The second-order valence-electron chi connectivity index (χ2n) is 6.21. The highest BCUT2D eigenvalue weighted by atomic mass is 79.9. The molecule has 0 fully saturated rings. The van der Waals surface area contributed by atoms with E-state index < -0.39 is 5.25 Å². The average Bonchev–Trinajstić information content (AvgIpc) is 3.01. The van der Waals surface area contributed by atoms with Gasteiger partial charge in [0.15, 0.2) is 5.16 Å². The number of ether oxygens (including phenoxy) is 1. The maximum absolute atomic E-state index is 11.4. The molecule has 0 aliphatic rings. The van der Waals surface area contributed by atoms with Crippen LogP contribution in [0.25, 0.3) is 5.69 Å². The number of halogens is 1. The molecular weight excluding hydrogens is 444 g/mol. The lowest BCUT2D eigenvalue weighted by Crippen LogP contribution is -2.12. The van der Waals surface area contributed by atoms with E-state index >= 15 is 0 Å². The Hall–Kier alpha value is -2.39. The van der Waals surface area contributed by atoms with Gasteiger partial charge in [-0.3, -0.25) is 14.7 Å². The number of aryl methyl sites for hydroxylation is 2. The molecule has 0 saturated heterocycles. The number of thioether (sulfide) groups is 1. The van der Waals surface area contributed by atoms with Gasteiger partial charge in [0.2, 0.25) is 6.54 Å². The largest absolute Gasteiger partial charge is 0.496 e. The summed E-state index contributed by atoms with van der Waals surface area (Å²) in [6.45, 7) is 3.61. The standard InChI is InChI=1S/C19H19BrN4O3S/c1-12-5-4-6-15(9-12)24-13(2)21-22-19(24)28-18(11-23(25)26)16-10-14(20)7-8-17(16)27-3/h4-10,18H,11H2,1-3H3/t18-/m1/s1. The smallest absolute Gasteiger partial charge is 0.220 e. The summed E-state index contributed by atoms with van der Waals surface area (Å²) in [4.78, 5) is 11.0. The number of hydrogen-bond donors (Lipinski definition) is 0. The Kier molecular flexibility index (Phi) is 6.35. The van der Waals surface area contributed by atoms with E-state index in [1.165, 1.54) is 11.8 Å². The van der Waals surface area contributed by atoms with Crippen LogP contribution in [0.4, 0.5) is 0 Å². The molecular formula is C19H19BrN4O3S. The first-order chi connectivity index (χ1) is 13.4. The van der Waals surface area contributed by atoms with E-state index in [1.807, 2.05) is 54.8 Å². The fourth-order valence-corrected chi connectivity index (χ4v) is 4.47. The van der Waals surface area contributed by atoms with Crippen LogP contribution in [0, 0.1) is 24.0 Å². The third-order valence-electron chi connectivity index (χ3n) is 4.16. The quantitative estimate of drug-likeness (QED) is 0.285. The van der Waals surface area contributed by atoms with Crippen molar-refractivity contribution in [3.05, 3.63) is 74.0 Å². The van der Waals surface area contributed by atoms with Crippen LogP contribution in [0.3, 0.4) is 0 Å². The van der Waals surface area contributed by atoms with Crippen molar-refractivity contribution in [2.75, 3.05) is 13.7 Å². The van der Waals surface area contributed by atoms with E-state index in [4.69, 9.17) is 4.74 Å². The summed E-state index contributed by atoms with van der Waals surface area (Å²) in [5.41, 5.74) is 2.76. The fourth-order valence-electron chi connectivity index (χ4n) is 2.90. The van der Waals surface area contributed by atoms with Crippen LogP contribution in [0.15, 0.2) is 52.1 Å². The SMILES string of the molecule is COc1ccc(Br)cc1[C@@H](C[N+](=O)[O-])Sc1nnc(C)n1-c1cccc(C)c1. The van der Waals surface area contributed by atoms with Crippen molar-refractivity contribution < 1.29 is 9.66 Å². The average molecular weight is 463 g/mol. The van der Waals surface area contributed by atoms with Gasteiger partial charge in [0.05, 0.1) is 7.11 Å². The van der Waals surface area contributed by atoms with Crippen molar-refractivity contribution in [2.45, 2.75) is 24.3 Å². The highest BCUT2D eigenvalue weighted by Crippen LogP contribution is 2.40. The van der Waals surface area contributed by atoms with Gasteiger partial charge in [0.1, 0.15) is 16.8 Å². The van der Waals surface area contributed by atoms with E-state index in [9.17, 15) is 10.1 Å². The summed E-state index contributed by atoms with van der Waals surface area (Å²) >= 11 is 4.74. The minimum atomic E-state index is -0.491. The molecule has 1 atom stereocenters. The van der Waals surface area contributed by atoms with Crippen molar-refractivity contribution >= 4 is 27.7 Å². The lowest BCUT2D eigenvalue weighted by Gasteiger charge is -2.17. The molecule has 0 aliphatic carbocycles. The molecule has 146 valence electrons. The number of benzene rings is 2. The molecule has 0 amide bonds. The van der Waals surface area contributed by atoms with E-state index in [0.717, 1.165) is 21.3 Å². The molecule has 0 unspecified atom stereocenters. The number of aromatic nitrogens is 3. The van der Waals surface area contributed by atoms with Crippen molar-refractivity contribution in [3.63, 3.8) is 0 Å². The van der Waals surface area contributed by atoms with Crippen molar-refractivity contribution in [1.82, 2.24) is 14.8 Å². The van der Waals surface area contributed by atoms with Crippen LogP contribution in [0.1, 0.15) is 22.2 Å². The van der Waals surface area contributed by atoms with Gasteiger partial charge >= 0.3 is 0 Å². The third-order valence-corrected chi connectivity index (χ3v) is 5.81. The molecule has 0 aliphatic heterocycles. The van der Waals surface area contributed by atoms with Gasteiger partial charge in [0.25, 0.3) is 0 Å². The second-order valence-corrected chi connectivity index (χ2v) is 8.30. The van der Waals surface area contributed by atoms with Gasteiger partial charge in [-0.15, -0.1) is 10.2 Å². The number of methoxy groups -OCH3 is 1. The van der Waals surface area contributed by atoms with Crippen LogP contribution < -0.4 is 4.74 Å². The van der Waals surface area contributed by atoms with Crippen LogP contribution in [0.2, 0.25) is 0 Å². The van der Waals surface area contributed by atoms with Crippen LogP contribution >= 0.6 is 27.7 Å². The van der Waals surface area contributed by atoms with Gasteiger partial charge < -0.3 is 4.74 Å². The lowest BCUT2D eigenvalue weighted by atomic mass is 10.1. The zero-order valence-electron chi connectivity index (χ0n) is 15.6. The molecule has 0 radical (unpaired) electrons. The molecule has 7 nitrogen and oxygen atoms in total. The molecule has 28 heavy (non-hydrogen) atoms. The minimum absolute atomic E-state index is 0.267. The Labute approximate surface area is 175 Å². The lowest BCUT2D eigenvalue weighted by molar-refractivity contribution is -0.479.